The Kier molecular flexibility index (Phi) is 12.1. The minimum atomic E-state index is -0.678. The van der Waals surface area contributed by atoms with E-state index in [0.717, 1.165) is 72.5 Å². The number of anilines is 4. The zero-order chi connectivity index (χ0) is 45.3. The summed E-state index contributed by atoms with van der Waals surface area (Å²) < 4.78 is 28.9. The molecule has 2 aliphatic heterocycles. The van der Waals surface area contributed by atoms with Gasteiger partial charge in [-0.25, -0.2) is 4.98 Å². The van der Waals surface area contributed by atoms with Crippen molar-refractivity contribution in [3.63, 3.8) is 0 Å². The molecule has 66 heavy (non-hydrogen) atoms. The molecule has 0 atom stereocenters. The van der Waals surface area contributed by atoms with E-state index in [-0.39, 0.29) is 37.1 Å². The Morgan fingerprint density at radius 1 is 0.591 bits per heavy atom. The molecule has 0 spiro atoms. The Morgan fingerprint density at radius 3 is 1.94 bits per heavy atom. The fourth-order valence-electron chi connectivity index (χ4n) is 8.78. The minimum Gasteiger partial charge on any atom is -0.509 e. The first-order chi connectivity index (χ1) is 31.1. The first kappa shape index (κ1) is 45.6. The zero-order valence-corrected chi connectivity index (χ0v) is 41.2. The predicted octanol–water partition coefficient (Wildman–Crippen LogP) is 13.3. The van der Waals surface area contributed by atoms with Crippen molar-refractivity contribution in [3.05, 3.63) is 170 Å². The van der Waals surface area contributed by atoms with Crippen LogP contribution in [0.3, 0.4) is 0 Å². The zero-order valence-electron chi connectivity index (χ0n) is 38.9. The molecule has 0 N–H and O–H groups in total. The molecule has 0 unspecified atom stereocenters. The van der Waals surface area contributed by atoms with E-state index in [2.05, 4.69) is 193 Å². The van der Waals surface area contributed by atoms with Crippen molar-refractivity contribution in [3.8, 4) is 28.4 Å². The predicted molar refractivity (Wildman–Crippen MR) is 268 cm³/mol. The summed E-state index contributed by atoms with van der Waals surface area (Å²) in [5.41, 5.74) is 9.97. The molecule has 1 saturated heterocycles. The third-order valence-electron chi connectivity index (χ3n) is 12.0. The molecule has 6 aromatic carbocycles. The van der Waals surface area contributed by atoms with E-state index in [1.165, 1.54) is 0 Å². The van der Waals surface area contributed by atoms with E-state index >= 15 is 0 Å². The monoisotopic (exact) mass is 1050 g/mol. The second-order valence-corrected chi connectivity index (χ2v) is 20.2. The van der Waals surface area contributed by atoms with Gasteiger partial charge in [0.05, 0.1) is 0 Å². The first-order valence-electron chi connectivity index (χ1n) is 22.4. The summed E-state index contributed by atoms with van der Waals surface area (Å²) >= 11 is 0. The number of aromatic nitrogens is 2. The van der Waals surface area contributed by atoms with Crippen LogP contribution in [0.4, 0.5) is 22.7 Å². The molecule has 334 valence electrons. The van der Waals surface area contributed by atoms with Crippen molar-refractivity contribution in [2.75, 3.05) is 9.80 Å². The normalized spacial score (nSPS) is 14.5. The molecule has 0 aliphatic carbocycles. The van der Waals surface area contributed by atoms with Crippen LogP contribution < -0.4 is 20.0 Å². The molecule has 8 aromatic rings. The third-order valence-corrected chi connectivity index (χ3v) is 12.0. The van der Waals surface area contributed by atoms with Gasteiger partial charge < -0.3 is 32.8 Å². The van der Waals surface area contributed by atoms with E-state index in [4.69, 9.17) is 23.4 Å². The summed E-state index contributed by atoms with van der Waals surface area (Å²) in [5.74, 6) is 1.95. The van der Waals surface area contributed by atoms with Crippen LogP contribution in [-0.2, 0) is 40.2 Å². The van der Waals surface area contributed by atoms with Gasteiger partial charge in [-0.2, -0.15) is 12.1 Å². The van der Waals surface area contributed by atoms with Crippen molar-refractivity contribution in [1.82, 2.24) is 9.55 Å². The summed E-state index contributed by atoms with van der Waals surface area (Å²) in [4.78, 5) is 9.20. The third kappa shape index (κ3) is 8.63. The number of fused-ring (bicyclic) bond motifs is 4. The molecule has 2 aliphatic rings. The molecule has 12 heteroatoms. The van der Waals surface area contributed by atoms with Crippen LogP contribution in [0.25, 0.3) is 38.8 Å². The molecule has 0 saturated carbocycles. The second kappa shape index (κ2) is 17.6. The van der Waals surface area contributed by atoms with Crippen molar-refractivity contribution >= 4 is 71.4 Å². The van der Waals surface area contributed by atoms with Gasteiger partial charge in [0.15, 0.2) is 0 Å². The average molecular weight is 1050 g/mol. The maximum Gasteiger partial charge on any atom is 0.468 e. The summed E-state index contributed by atoms with van der Waals surface area (Å²) in [6.45, 7) is 21.7. The van der Waals surface area contributed by atoms with Crippen LogP contribution in [-0.4, -0.2) is 30.9 Å². The van der Waals surface area contributed by atoms with Crippen molar-refractivity contribution in [1.29, 1.82) is 0 Å². The Hall–Kier alpha value is -5.57. The summed E-state index contributed by atoms with van der Waals surface area (Å²) in [6.07, 6.45) is 1.82. The maximum absolute atomic E-state index is 6.77. The fourth-order valence-corrected chi connectivity index (χ4v) is 8.78. The van der Waals surface area contributed by atoms with Gasteiger partial charge >= 0.3 is 21.4 Å². The number of hydrogen-bond acceptors (Lipinski definition) is 7. The number of rotatable bonds is 7. The van der Waals surface area contributed by atoms with E-state index in [9.17, 15) is 0 Å². The standard InChI is InChI=1S/C54H52B3N4O4.Pt/c1-52(2,3)44-23-18-24-45(55-63-56(53(4,5)6)65-57(64-55)54(7,8)9)51(44)60-36-59(47-25-13-14-26-48(47)60)39-21-17-22-40(34-39)62-41-29-30-42-43-33-38(37-19-11-10-12-20-37)28-31-46(43)61(49(42)35-41)50-27-15-16-32-58-50;/h10-33,36H,1-9H3;/q-3;. The average Bonchev–Trinajstić information content (AvgIpc) is 3.84. The van der Waals surface area contributed by atoms with E-state index < -0.39 is 21.4 Å². The van der Waals surface area contributed by atoms with Crippen LogP contribution in [0.15, 0.2) is 146 Å². The van der Waals surface area contributed by atoms with Gasteiger partial charge in [-0.1, -0.05) is 147 Å². The van der Waals surface area contributed by atoms with Crippen LogP contribution in [0.1, 0.15) is 67.9 Å². The summed E-state index contributed by atoms with van der Waals surface area (Å²) in [5, 5.41) is 1.61. The van der Waals surface area contributed by atoms with Crippen molar-refractivity contribution in [2.24, 2.45) is 0 Å². The maximum atomic E-state index is 6.77. The molecule has 1 fully saturated rings. The molecule has 8 nitrogen and oxygen atoms in total. The number of hydrogen-bond donors (Lipinski definition) is 0. The smallest absolute Gasteiger partial charge is 0.468 e. The summed E-state index contributed by atoms with van der Waals surface area (Å²) in [7, 11) is -1.64. The molecule has 0 amide bonds. The topological polar surface area (TPSA) is 61.2 Å². The van der Waals surface area contributed by atoms with Crippen molar-refractivity contribution < 1.29 is 39.5 Å². The molecule has 4 heterocycles. The Labute approximate surface area is 404 Å². The van der Waals surface area contributed by atoms with Crippen LogP contribution >= 0.6 is 0 Å². The quantitative estimate of drug-likeness (QED) is 0.116. The van der Waals surface area contributed by atoms with Gasteiger partial charge in [-0.3, -0.25) is 0 Å². The number of para-hydroxylation sites is 3. The SMILES string of the molecule is CC(C)(C)B1OB(c2cccc(C(C)(C)C)c2N2[CH-]N(c3[c-]c(Oc4[c-]c5c(cc4)c4cc(-c6ccccc6)ccc4n5-c4ccccn4)ccc3)c3ccccc32)OB(C(C)(C)C)O1.[Pt]. The van der Waals surface area contributed by atoms with E-state index in [1.807, 2.05) is 48.7 Å². The van der Waals surface area contributed by atoms with Crippen LogP contribution in [0, 0.1) is 18.8 Å². The molecule has 2 aromatic heterocycles. The van der Waals surface area contributed by atoms with Gasteiger partial charge in [0.1, 0.15) is 5.82 Å². The second-order valence-electron chi connectivity index (χ2n) is 20.2. The van der Waals surface area contributed by atoms with Gasteiger partial charge in [-0.05, 0) is 68.5 Å². The van der Waals surface area contributed by atoms with E-state index in [1.54, 1.807) is 0 Å². The van der Waals surface area contributed by atoms with E-state index in [0.29, 0.717) is 11.5 Å². The van der Waals surface area contributed by atoms with Crippen LogP contribution in [0.5, 0.6) is 11.5 Å². The Balaban J connectivity index is 0.00000548. The van der Waals surface area contributed by atoms with Gasteiger partial charge in [0, 0.05) is 66.8 Å². The molecular weight excluding hydrogens is 996 g/mol. The molecule has 0 bridgehead atoms. The Bertz CT molecular complexity index is 3020. The molecular formula is C54H52B3N4O4Pt-3. The number of ether oxygens (including phenoxy) is 1. The largest absolute Gasteiger partial charge is 0.509 e. The summed E-state index contributed by atoms with van der Waals surface area (Å²) in [6, 6.07) is 55.2. The van der Waals surface area contributed by atoms with Gasteiger partial charge in [0.25, 0.3) is 0 Å². The van der Waals surface area contributed by atoms with Crippen LogP contribution in [0.2, 0.25) is 10.6 Å². The molecule has 10 rings (SSSR count). The fraction of sp³-hybridized carbons (Fsp3) is 0.222. The van der Waals surface area contributed by atoms with Gasteiger partial charge in [0.2, 0.25) is 0 Å². The number of pyridine rings is 1. The van der Waals surface area contributed by atoms with Crippen molar-refractivity contribution in [2.45, 2.75) is 78.4 Å². The molecule has 0 radical (unpaired) electrons. The first-order valence-corrected chi connectivity index (χ1v) is 22.4. The van der Waals surface area contributed by atoms with Gasteiger partial charge in [-0.15, -0.1) is 48.1 Å². The number of nitrogens with zero attached hydrogens (tertiary/aromatic N) is 4. The number of benzene rings is 6. The Morgan fingerprint density at radius 2 is 1.26 bits per heavy atom. The minimum absolute atomic E-state index is 0.